The summed E-state index contributed by atoms with van der Waals surface area (Å²) in [6.07, 6.45) is 2.65. The van der Waals surface area contributed by atoms with Crippen LogP contribution in [0, 0.1) is 3.57 Å². The first-order valence-corrected chi connectivity index (χ1v) is 13.5. The first-order valence-electron chi connectivity index (χ1n) is 8.67. The maximum Gasteiger partial charge on any atom is 0.264 e. The van der Waals surface area contributed by atoms with Gasteiger partial charge in [0.1, 0.15) is 5.69 Å². The van der Waals surface area contributed by atoms with Gasteiger partial charge in [-0.2, -0.15) is 8.42 Å². The van der Waals surface area contributed by atoms with Gasteiger partial charge in [-0.3, -0.25) is 13.8 Å². The van der Waals surface area contributed by atoms with Crippen molar-refractivity contribution >= 4 is 48.5 Å². The molecule has 164 valence electrons. The monoisotopic (exact) mass is 562 g/mol. The van der Waals surface area contributed by atoms with Gasteiger partial charge in [0.15, 0.2) is 11.5 Å². The zero-order valence-electron chi connectivity index (χ0n) is 16.4. The van der Waals surface area contributed by atoms with Crippen LogP contribution < -0.4 is 14.9 Å². The van der Waals surface area contributed by atoms with Gasteiger partial charge in [-0.1, -0.05) is 6.92 Å². The lowest BCUT2D eigenvalue weighted by molar-refractivity contribution is 0.0964. The van der Waals surface area contributed by atoms with Gasteiger partial charge in [0.25, 0.3) is 10.1 Å². The minimum atomic E-state index is -3.78. The van der Waals surface area contributed by atoms with E-state index >= 15 is 0 Å². The van der Waals surface area contributed by atoms with Crippen molar-refractivity contribution in [2.45, 2.75) is 38.3 Å². The lowest BCUT2D eigenvalue weighted by Gasteiger charge is -2.22. The largest absolute Gasteiger partial charge is 0.491 e. The normalized spacial score (nSPS) is 19.2. The van der Waals surface area contributed by atoms with Crippen LogP contribution >= 0.6 is 22.6 Å². The maximum absolute atomic E-state index is 12.8. The average Bonchev–Trinajstić information content (AvgIpc) is 2.91. The van der Waals surface area contributed by atoms with Gasteiger partial charge < -0.3 is 9.30 Å². The molecule has 13 heteroatoms. The van der Waals surface area contributed by atoms with Crippen LogP contribution in [0.2, 0.25) is 0 Å². The van der Waals surface area contributed by atoms with Gasteiger partial charge in [0, 0.05) is 6.42 Å². The molecule has 2 rings (SSSR count). The number of rotatable bonds is 9. The van der Waals surface area contributed by atoms with Gasteiger partial charge >= 0.3 is 0 Å². The van der Waals surface area contributed by atoms with Crippen molar-refractivity contribution in [2.24, 2.45) is 0 Å². The van der Waals surface area contributed by atoms with E-state index in [0.717, 1.165) is 12.5 Å². The number of hydrogen-bond acceptors (Lipinski definition) is 8. The predicted molar refractivity (Wildman–Crippen MR) is 114 cm³/mol. The molecule has 0 saturated carbocycles. The molecule has 0 radical (unpaired) electrons. The summed E-state index contributed by atoms with van der Waals surface area (Å²) in [7, 11) is -6.16. The summed E-state index contributed by atoms with van der Waals surface area (Å²) in [5.74, 6) is -0.510. The van der Waals surface area contributed by atoms with Crippen molar-refractivity contribution in [1.29, 1.82) is 0 Å². The lowest BCUT2D eigenvalue weighted by atomic mass is 10.1. The summed E-state index contributed by atoms with van der Waals surface area (Å²) in [5.41, 5.74) is -0.234. The number of halogens is 1. The Morgan fingerprint density at radius 2 is 1.90 bits per heavy atom. The van der Waals surface area contributed by atoms with E-state index in [4.69, 9.17) is 8.92 Å². The topological polar surface area (TPSA) is 138 Å². The highest BCUT2D eigenvalue weighted by Gasteiger charge is 2.40. The molecule has 10 nitrogen and oxygen atoms in total. The Labute approximate surface area is 183 Å². The summed E-state index contributed by atoms with van der Waals surface area (Å²) in [4.78, 5) is 25.7. The summed E-state index contributed by atoms with van der Waals surface area (Å²) in [6, 6.07) is -1.52. The van der Waals surface area contributed by atoms with Gasteiger partial charge in [0.05, 0.1) is 47.6 Å². The highest BCUT2D eigenvalue weighted by atomic mass is 127. The first-order chi connectivity index (χ1) is 13.3. The molecular formula is C16H23IN2O8S2. The van der Waals surface area contributed by atoms with Crippen LogP contribution in [0.15, 0.2) is 4.79 Å². The number of carbonyl (C=O) groups excluding carboxylic acids is 1. The molecule has 1 unspecified atom stereocenters. The first kappa shape index (κ1) is 24.2. The van der Waals surface area contributed by atoms with E-state index in [9.17, 15) is 26.4 Å². The van der Waals surface area contributed by atoms with Gasteiger partial charge in [-0.25, -0.2) is 13.1 Å². The van der Waals surface area contributed by atoms with Crippen LogP contribution in [0.25, 0.3) is 0 Å². The molecule has 1 N–H and O–H groups in total. The number of ketones is 1. The van der Waals surface area contributed by atoms with Crippen LogP contribution in [0.4, 0.5) is 0 Å². The number of sulfonamides is 1. The number of nitrogens with one attached hydrogen (secondary N) is 1. The van der Waals surface area contributed by atoms with Crippen LogP contribution in [-0.2, 0) is 24.3 Å². The van der Waals surface area contributed by atoms with E-state index in [2.05, 4.69) is 4.72 Å². The second-order valence-corrected chi connectivity index (χ2v) is 11.3. The highest BCUT2D eigenvalue weighted by Crippen LogP contribution is 2.40. The molecule has 2 atom stereocenters. The number of ether oxygens (including phenoxy) is 1. The van der Waals surface area contributed by atoms with Crippen LogP contribution in [0.1, 0.15) is 54.5 Å². The standard InChI is InChI=1S/C16H23IN2O8S2/c1-5-6-11(20)14-16(26-2)15(21)12(17)13-10(18-28(3,22)23)7-9(19(13)14)8-27-29(4,24)25/h9-10,18H,5-8H2,1-4H3/t9-,10?/m0/s1. The average molecular weight is 562 g/mol. The number of pyridine rings is 1. The third kappa shape index (κ3) is 5.57. The summed E-state index contributed by atoms with van der Waals surface area (Å²) >= 11 is 1.78. The maximum atomic E-state index is 12.8. The highest BCUT2D eigenvalue weighted by molar-refractivity contribution is 14.1. The van der Waals surface area contributed by atoms with Crippen LogP contribution in [0.3, 0.4) is 0 Å². The van der Waals surface area contributed by atoms with Crippen molar-refractivity contribution in [3.05, 3.63) is 25.2 Å². The molecule has 2 heterocycles. The third-order valence-electron chi connectivity index (χ3n) is 4.33. The molecule has 0 fully saturated rings. The van der Waals surface area contributed by atoms with E-state index in [1.165, 1.54) is 11.7 Å². The second kappa shape index (κ2) is 8.99. The Bertz CT molecular complexity index is 1080. The van der Waals surface area contributed by atoms with E-state index in [1.807, 2.05) is 0 Å². The number of nitrogens with zero attached hydrogens (tertiary/aromatic N) is 1. The van der Waals surface area contributed by atoms with E-state index in [-0.39, 0.29) is 40.2 Å². The molecule has 1 aromatic rings. The Kier molecular flexibility index (Phi) is 7.52. The molecule has 0 aliphatic carbocycles. The summed E-state index contributed by atoms with van der Waals surface area (Å²) < 4.78 is 61.0. The molecule has 0 amide bonds. The number of Topliss-reactive ketones (excluding diaryl/α,β-unsaturated/α-hetero) is 1. The van der Waals surface area contributed by atoms with Crippen molar-refractivity contribution < 1.29 is 30.6 Å². The number of carbonyl (C=O) groups is 1. The van der Waals surface area contributed by atoms with E-state index < -0.39 is 37.7 Å². The fraction of sp³-hybridized carbons (Fsp3) is 0.625. The van der Waals surface area contributed by atoms with E-state index in [1.54, 1.807) is 29.5 Å². The summed E-state index contributed by atoms with van der Waals surface area (Å²) in [5, 5.41) is 0. The van der Waals surface area contributed by atoms with Crippen molar-refractivity contribution in [1.82, 2.24) is 9.29 Å². The van der Waals surface area contributed by atoms with Gasteiger partial charge in [0.2, 0.25) is 15.5 Å². The fourth-order valence-corrected chi connectivity index (χ4v) is 5.36. The van der Waals surface area contributed by atoms with Gasteiger partial charge in [-0.05, 0) is 35.4 Å². The molecule has 1 aliphatic rings. The smallest absolute Gasteiger partial charge is 0.264 e. The molecule has 0 bridgehead atoms. The van der Waals surface area contributed by atoms with E-state index in [0.29, 0.717) is 12.1 Å². The fourth-order valence-electron chi connectivity index (χ4n) is 3.35. The molecule has 29 heavy (non-hydrogen) atoms. The van der Waals surface area contributed by atoms with Crippen molar-refractivity contribution in [3.8, 4) is 5.75 Å². The molecular weight excluding hydrogens is 539 g/mol. The third-order valence-corrected chi connectivity index (χ3v) is 6.64. The second-order valence-electron chi connectivity index (χ2n) is 6.77. The minimum Gasteiger partial charge on any atom is -0.491 e. The number of hydrogen-bond donors (Lipinski definition) is 1. The van der Waals surface area contributed by atoms with Crippen molar-refractivity contribution in [3.63, 3.8) is 0 Å². The van der Waals surface area contributed by atoms with Crippen LogP contribution in [-0.4, -0.2) is 53.4 Å². The number of methoxy groups -OCH3 is 1. The Balaban J connectivity index is 2.78. The summed E-state index contributed by atoms with van der Waals surface area (Å²) in [6.45, 7) is 1.49. The minimum absolute atomic E-state index is 0.00494. The zero-order valence-corrected chi connectivity index (χ0v) is 20.2. The van der Waals surface area contributed by atoms with Crippen LogP contribution in [0.5, 0.6) is 5.75 Å². The Morgan fingerprint density at radius 3 is 2.38 bits per heavy atom. The lowest BCUT2D eigenvalue weighted by Crippen LogP contribution is -2.30. The molecule has 0 spiro atoms. The molecule has 1 aliphatic heterocycles. The molecule has 1 aromatic heterocycles. The zero-order chi connectivity index (χ0) is 22.1. The predicted octanol–water partition coefficient (Wildman–Crippen LogP) is 0.956. The molecule has 0 saturated heterocycles. The SMILES string of the molecule is CCCC(=O)c1c(OC)c(=O)c(I)c2n1[C@H](COS(C)(=O)=O)CC2NS(C)(=O)=O. The number of aromatic nitrogens is 1. The molecule has 0 aromatic carbocycles. The quantitative estimate of drug-likeness (QED) is 0.267. The Hall–Kier alpha value is -1.03. The number of fused-ring (bicyclic) bond motifs is 1. The Morgan fingerprint density at radius 1 is 1.28 bits per heavy atom. The van der Waals surface area contributed by atoms with Gasteiger partial charge in [-0.15, -0.1) is 0 Å². The van der Waals surface area contributed by atoms with Crippen molar-refractivity contribution in [2.75, 3.05) is 26.2 Å².